The van der Waals surface area contributed by atoms with Crippen molar-refractivity contribution < 1.29 is 23.5 Å². The van der Waals surface area contributed by atoms with Gasteiger partial charge in [-0.3, -0.25) is 0 Å². The summed E-state index contributed by atoms with van der Waals surface area (Å²) in [5, 5.41) is 5.85. The Bertz CT molecular complexity index is 1250. The highest BCUT2D eigenvalue weighted by Gasteiger charge is 2.09. The van der Waals surface area contributed by atoms with Crippen molar-refractivity contribution in [3.8, 4) is 0 Å². The van der Waals surface area contributed by atoms with Crippen LogP contribution in [-0.4, -0.2) is 47.5 Å². The molecule has 0 spiro atoms. The Labute approximate surface area is 201 Å². The molecule has 0 atom stereocenters. The third-order valence-electron chi connectivity index (χ3n) is 4.17. The van der Waals surface area contributed by atoms with Crippen LogP contribution in [0.5, 0.6) is 0 Å². The second-order valence-electron chi connectivity index (χ2n) is 6.76. The highest BCUT2D eigenvalue weighted by molar-refractivity contribution is 6.24. The number of nitrogens with zero attached hydrogens (tertiary/aromatic N) is 4. The monoisotopic (exact) mass is 478 g/mol. The van der Waals surface area contributed by atoms with E-state index in [1.54, 1.807) is 62.4 Å². The van der Waals surface area contributed by atoms with E-state index in [9.17, 15) is 14.0 Å². The molecule has 0 fully saturated rings. The molecule has 2 aromatic carbocycles. The third-order valence-corrected chi connectivity index (χ3v) is 4.17. The summed E-state index contributed by atoms with van der Waals surface area (Å²) in [6, 6.07) is 13.5. The van der Waals surface area contributed by atoms with Gasteiger partial charge in [-0.15, -0.1) is 0 Å². The summed E-state index contributed by atoms with van der Waals surface area (Å²) in [4.78, 5) is 39.2. The van der Waals surface area contributed by atoms with Crippen molar-refractivity contribution in [1.82, 2.24) is 9.97 Å². The van der Waals surface area contributed by atoms with Gasteiger partial charge < -0.3 is 20.1 Å². The summed E-state index contributed by atoms with van der Waals surface area (Å²) in [7, 11) is 0. The minimum atomic E-state index is -0.663. The molecule has 1 heterocycles. The predicted molar refractivity (Wildman–Crippen MR) is 131 cm³/mol. The number of anilines is 4. The number of ether oxygens (including phenoxy) is 2. The number of carbonyl (C=O) groups is 2. The Morgan fingerprint density at radius 2 is 1.46 bits per heavy atom. The van der Waals surface area contributed by atoms with E-state index in [0.29, 0.717) is 22.7 Å². The molecule has 0 aliphatic carbocycles. The fourth-order valence-corrected chi connectivity index (χ4v) is 2.72. The fraction of sp³-hybridized carbons (Fsp3) is 0.167. The molecule has 3 aromatic rings. The van der Waals surface area contributed by atoms with Crippen LogP contribution in [0.15, 0.2) is 64.7 Å². The molecule has 0 radical (unpaired) electrons. The van der Waals surface area contributed by atoms with Crippen LogP contribution >= 0.6 is 0 Å². The molecule has 2 N–H and O–H groups in total. The average Bonchev–Trinajstić information content (AvgIpc) is 2.84. The maximum atomic E-state index is 14.4. The quantitative estimate of drug-likeness (QED) is 0.319. The Kier molecular flexibility index (Phi) is 8.94. The van der Waals surface area contributed by atoms with E-state index in [2.05, 4.69) is 30.6 Å². The van der Waals surface area contributed by atoms with Gasteiger partial charge in [-0.2, -0.15) is 4.98 Å². The molecular weight excluding hydrogens is 455 g/mol. The van der Waals surface area contributed by atoms with E-state index >= 15 is 0 Å². The molecular formula is C24H23FN6O4. The summed E-state index contributed by atoms with van der Waals surface area (Å²) < 4.78 is 24.0. The van der Waals surface area contributed by atoms with Gasteiger partial charge in [0.2, 0.25) is 5.95 Å². The molecule has 3 rings (SSSR count). The maximum absolute atomic E-state index is 14.4. The number of aliphatic imine (C=N–C) groups is 2. The van der Waals surface area contributed by atoms with Gasteiger partial charge in [0.1, 0.15) is 12.4 Å². The van der Waals surface area contributed by atoms with Crippen LogP contribution in [0.25, 0.3) is 0 Å². The normalized spacial score (nSPS) is 10.9. The smallest absolute Gasteiger partial charge is 0.349 e. The highest BCUT2D eigenvalue weighted by Crippen LogP contribution is 2.24. The van der Waals surface area contributed by atoms with Crippen molar-refractivity contribution in [2.75, 3.05) is 23.8 Å². The molecule has 11 heteroatoms. The van der Waals surface area contributed by atoms with Gasteiger partial charge in [0.05, 0.1) is 30.8 Å². The second kappa shape index (κ2) is 12.5. The third kappa shape index (κ3) is 8.00. The first-order valence-corrected chi connectivity index (χ1v) is 10.6. The van der Waals surface area contributed by atoms with Crippen molar-refractivity contribution in [2.24, 2.45) is 9.98 Å². The van der Waals surface area contributed by atoms with Crippen molar-refractivity contribution in [1.29, 1.82) is 0 Å². The lowest BCUT2D eigenvalue weighted by Gasteiger charge is -2.10. The molecule has 10 nitrogen and oxygen atoms in total. The van der Waals surface area contributed by atoms with E-state index in [-0.39, 0.29) is 25.0 Å². The molecule has 0 saturated carbocycles. The van der Waals surface area contributed by atoms with Crippen LogP contribution in [0.1, 0.15) is 13.8 Å². The van der Waals surface area contributed by atoms with Crippen molar-refractivity contribution >= 4 is 58.9 Å². The van der Waals surface area contributed by atoms with Gasteiger partial charge in [-0.25, -0.2) is 28.9 Å². The van der Waals surface area contributed by atoms with Gasteiger partial charge in [-0.1, -0.05) is 12.1 Å². The molecule has 35 heavy (non-hydrogen) atoms. The Hall–Kier alpha value is -4.67. The summed E-state index contributed by atoms with van der Waals surface area (Å²) in [6.45, 7) is 3.92. The fourth-order valence-electron chi connectivity index (χ4n) is 2.72. The summed E-state index contributed by atoms with van der Waals surface area (Å²) in [5.74, 6) is -1.69. The molecule has 0 saturated heterocycles. The lowest BCUT2D eigenvalue weighted by Crippen LogP contribution is -2.04. The van der Waals surface area contributed by atoms with E-state index < -0.39 is 17.8 Å². The number of rotatable bonds is 10. The van der Waals surface area contributed by atoms with Crippen LogP contribution < -0.4 is 10.6 Å². The molecule has 0 bridgehead atoms. The van der Waals surface area contributed by atoms with Gasteiger partial charge in [0.15, 0.2) is 11.6 Å². The minimum Gasteiger partial charge on any atom is -0.462 e. The number of nitrogens with one attached hydrogen (secondary N) is 2. The maximum Gasteiger partial charge on any atom is 0.349 e. The van der Waals surface area contributed by atoms with Gasteiger partial charge in [-0.05, 0) is 50.2 Å². The average molecular weight is 478 g/mol. The van der Waals surface area contributed by atoms with Crippen molar-refractivity contribution in [3.05, 3.63) is 60.5 Å². The van der Waals surface area contributed by atoms with Crippen LogP contribution in [0.3, 0.4) is 0 Å². The Morgan fingerprint density at radius 1 is 0.914 bits per heavy atom. The zero-order valence-corrected chi connectivity index (χ0v) is 19.1. The number of benzene rings is 2. The Balaban J connectivity index is 1.72. The van der Waals surface area contributed by atoms with Crippen LogP contribution in [-0.2, 0) is 19.1 Å². The van der Waals surface area contributed by atoms with E-state index in [4.69, 9.17) is 9.47 Å². The van der Waals surface area contributed by atoms with Gasteiger partial charge in [0.25, 0.3) is 0 Å². The van der Waals surface area contributed by atoms with Gasteiger partial charge >= 0.3 is 11.9 Å². The zero-order valence-electron chi connectivity index (χ0n) is 19.1. The minimum absolute atomic E-state index is 0.0643. The standard InChI is InChI=1S/C24H23FN6O4/c1-3-34-21(32)14-26-16-7-5-9-18(11-16)29-23-20(25)13-28-24(31-23)30-19-10-6-8-17(12-19)27-15-22(33)35-4-2/h5-15H,3-4H2,1-2H3,(H2,28,29,30,31). The van der Waals surface area contributed by atoms with Crippen molar-refractivity contribution in [2.45, 2.75) is 13.8 Å². The number of carbonyl (C=O) groups excluding carboxylic acids is 2. The molecule has 0 unspecified atom stereocenters. The number of esters is 2. The number of hydrogen-bond acceptors (Lipinski definition) is 10. The molecule has 180 valence electrons. The number of hydrogen-bond donors (Lipinski definition) is 2. The SMILES string of the molecule is CCOC(=O)C=Nc1cccc(Nc2ncc(F)c(Nc3cccc(N=CC(=O)OCC)c3)n2)c1. The molecule has 1 aromatic heterocycles. The highest BCUT2D eigenvalue weighted by atomic mass is 19.1. The summed E-state index contributed by atoms with van der Waals surface area (Å²) in [6.07, 6.45) is 3.19. The van der Waals surface area contributed by atoms with Crippen LogP contribution in [0.4, 0.5) is 38.9 Å². The largest absolute Gasteiger partial charge is 0.462 e. The van der Waals surface area contributed by atoms with Gasteiger partial charge in [0, 0.05) is 11.4 Å². The van der Waals surface area contributed by atoms with Crippen LogP contribution in [0.2, 0.25) is 0 Å². The lowest BCUT2D eigenvalue weighted by molar-refractivity contribution is -0.135. The lowest BCUT2D eigenvalue weighted by atomic mass is 10.3. The number of aromatic nitrogens is 2. The summed E-state index contributed by atoms with van der Waals surface area (Å²) in [5.41, 5.74) is 2.05. The first kappa shape index (κ1) is 25.0. The summed E-state index contributed by atoms with van der Waals surface area (Å²) >= 11 is 0. The van der Waals surface area contributed by atoms with E-state index in [1.165, 1.54) is 0 Å². The number of halogens is 1. The van der Waals surface area contributed by atoms with E-state index in [0.717, 1.165) is 18.6 Å². The first-order chi connectivity index (χ1) is 17.0. The van der Waals surface area contributed by atoms with E-state index in [1.807, 2.05) is 0 Å². The Morgan fingerprint density at radius 3 is 2.00 bits per heavy atom. The molecule has 0 amide bonds. The second-order valence-corrected chi connectivity index (χ2v) is 6.76. The first-order valence-electron chi connectivity index (χ1n) is 10.6. The predicted octanol–water partition coefficient (Wildman–Crippen LogP) is 4.63. The molecule has 0 aliphatic rings. The van der Waals surface area contributed by atoms with Crippen molar-refractivity contribution in [3.63, 3.8) is 0 Å². The zero-order chi connectivity index (χ0) is 25.0. The topological polar surface area (TPSA) is 127 Å². The van der Waals surface area contributed by atoms with Crippen LogP contribution in [0, 0.1) is 5.82 Å². The molecule has 0 aliphatic heterocycles.